The van der Waals surface area contributed by atoms with Crippen LogP contribution in [0.15, 0.2) is 0 Å². The van der Waals surface area contributed by atoms with Gasteiger partial charge in [0.25, 0.3) is 0 Å². The molecule has 0 radical (unpaired) electrons. The number of fused-ring (bicyclic) bond motifs is 9. The van der Waals surface area contributed by atoms with Gasteiger partial charge in [-0.3, -0.25) is 0 Å². The summed E-state index contributed by atoms with van der Waals surface area (Å²) in [4.78, 5) is 10.5. The Labute approximate surface area is 146 Å². The fourth-order valence-corrected chi connectivity index (χ4v) is 6.08. The van der Waals surface area contributed by atoms with Crippen LogP contribution in [-0.4, -0.2) is 12.1 Å². The summed E-state index contributed by atoms with van der Waals surface area (Å²) in [7, 11) is 0. The van der Waals surface area contributed by atoms with Crippen LogP contribution < -0.4 is 51.4 Å². The number of carbonyl (C=O) groups excluding carboxylic acids is 1. The van der Waals surface area contributed by atoms with Crippen LogP contribution in [0.3, 0.4) is 0 Å². The predicted molar refractivity (Wildman–Crippen MR) is 59.2 cm³/mol. The zero-order valence-electron chi connectivity index (χ0n) is 10.8. The average molecular weight is 258 g/mol. The van der Waals surface area contributed by atoms with Gasteiger partial charge in [0, 0.05) is 0 Å². The molecule has 7 unspecified atom stereocenters. The van der Waals surface area contributed by atoms with E-state index in [2.05, 4.69) is 6.92 Å². The van der Waals surface area contributed by atoms with Gasteiger partial charge in [0.15, 0.2) is 0 Å². The van der Waals surface area contributed by atoms with Gasteiger partial charge in [0.2, 0.25) is 0 Å². The maximum Gasteiger partial charge on any atom is 1.00 e. The molecule has 4 aliphatic carbocycles. The molecule has 4 rings (SSSR count). The molecule has 0 aliphatic heterocycles. The van der Waals surface area contributed by atoms with Crippen LogP contribution in [0, 0.1) is 35.5 Å². The Kier molecular flexibility index (Phi) is 3.32. The van der Waals surface area contributed by atoms with E-state index >= 15 is 0 Å². The minimum absolute atomic E-state index is 0. The van der Waals surface area contributed by atoms with Gasteiger partial charge in [-0.05, 0) is 74.5 Å². The Balaban J connectivity index is 0.000000902. The van der Waals surface area contributed by atoms with Gasteiger partial charge in [0.05, 0.1) is 5.60 Å². The van der Waals surface area contributed by atoms with Crippen LogP contribution >= 0.6 is 0 Å². The monoisotopic (exact) mass is 258 g/mol. The summed E-state index contributed by atoms with van der Waals surface area (Å²) >= 11 is 0. The molecule has 0 saturated heterocycles. The first-order valence-corrected chi connectivity index (χ1v) is 6.78. The zero-order chi connectivity index (χ0) is 10.9. The molecule has 4 bridgehead atoms. The van der Waals surface area contributed by atoms with E-state index in [1.165, 1.54) is 25.7 Å². The third-order valence-corrected chi connectivity index (χ3v) is 6.34. The normalized spacial score (nSPS) is 57.7. The van der Waals surface area contributed by atoms with Crippen molar-refractivity contribution in [1.82, 2.24) is 0 Å². The van der Waals surface area contributed by atoms with Crippen LogP contribution in [0.25, 0.3) is 0 Å². The molecular weight excluding hydrogens is 239 g/mol. The van der Waals surface area contributed by atoms with E-state index in [0.717, 1.165) is 36.0 Å². The van der Waals surface area contributed by atoms with E-state index in [4.69, 9.17) is 4.74 Å². The average Bonchev–Trinajstić information content (AvgIpc) is 2.91. The second-order valence-electron chi connectivity index (χ2n) is 6.79. The summed E-state index contributed by atoms with van der Waals surface area (Å²) < 4.78 is 5.33. The van der Waals surface area contributed by atoms with Gasteiger partial charge >= 0.3 is 51.4 Å². The summed E-state index contributed by atoms with van der Waals surface area (Å²) in [5.74, 6) is 5.36. The van der Waals surface area contributed by atoms with Gasteiger partial charge < -0.3 is 9.53 Å². The van der Waals surface area contributed by atoms with Crippen LogP contribution in [-0.2, 0) is 9.53 Å². The standard InChI is InChI=1S/C14H19O2.K/c1-14(16-7-15)6-10-5-11(14)13-9-3-2-8(4-9)12(10)13;/h8-13H,2-6H2,1H3;/q-1;+1. The molecule has 88 valence electrons. The van der Waals surface area contributed by atoms with E-state index in [0.29, 0.717) is 5.92 Å². The van der Waals surface area contributed by atoms with Gasteiger partial charge in [-0.25, -0.2) is 0 Å². The smallest absolute Gasteiger partial charge is 0.648 e. The first kappa shape index (κ1) is 13.1. The van der Waals surface area contributed by atoms with Crippen molar-refractivity contribution in [3.05, 3.63) is 0 Å². The van der Waals surface area contributed by atoms with E-state index in [1.54, 1.807) is 6.47 Å². The summed E-state index contributed by atoms with van der Waals surface area (Å²) in [5.41, 5.74) is -0.169. The Morgan fingerprint density at radius 1 is 1.12 bits per heavy atom. The van der Waals surface area contributed by atoms with Crippen LogP contribution in [0.1, 0.15) is 39.0 Å². The molecule has 3 heteroatoms. The van der Waals surface area contributed by atoms with E-state index in [1.807, 2.05) is 0 Å². The Morgan fingerprint density at radius 2 is 1.82 bits per heavy atom. The number of ether oxygens (including phenoxy) is 1. The molecule has 4 fully saturated rings. The van der Waals surface area contributed by atoms with Crippen LogP contribution in [0.4, 0.5) is 0 Å². The topological polar surface area (TPSA) is 26.3 Å². The Bertz CT molecular complexity index is 345. The number of hydrogen-bond acceptors (Lipinski definition) is 2. The third kappa shape index (κ3) is 1.62. The third-order valence-electron chi connectivity index (χ3n) is 6.34. The fourth-order valence-electron chi connectivity index (χ4n) is 6.08. The number of hydrogen-bond donors (Lipinski definition) is 0. The SMILES string of the molecule is CC1(O[C-]=O)CC2CC1C1C3CCC(C3)C21.[K+]. The van der Waals surface area contributed by atoms with Crippen LogP contribution in [0.2, 0.25) is 0 Å². The Morgan fingerprint density at radius 3 is 2.53 bits per heavy atom. The molecule has 0 heterocycles. The summed E-state index contributed by atoms with van der Waals surface area (Å²) in [6, 6.07) is 0. The van der Waals surface area contributed by atoms with Crippen molar-refractivity contribution in [2.45, 2.75) is 44.6 Å². The van der Waals surface area contributed by atoms with E-state index in [-0.39, 0.29) is 57.0 Å². The molecule has 2 nitrogen and oxygen atoms in total. The maximum absolute atomic E-state index is 10.5. The predicted octanol–water partition coefficient (Wildman–Crippen LogP) is -0.465. The van der Waals surface area contributed by atoms with Crippen molar-refractivity contribution in [2.75, 3.05) is 0 Å². The second-order valence-corrected chi connectivity index (χ2v) is 6.79. The molecule has 0 N–H and O–H groups in total. The van der Waals surface area contributed by atoms with Gasteiger partial charge in [-0.15, -0.1) is 0 Å². The van der Waals surface area contributed by atoms with Crippen molar-refractivity contribution in [3.63, 3.8) is 0 Å². The first-order valence-electron chi connectivity index (χ1n) is 6.78. The largest absolute Gasteiger partial charge is 1.00 e. The molecule has 0 spiro atoms. The van der Waals surface area contributed by atoms with Crippen LogP contribution in [0.5, 0.6) is 0 Å². The molecule has 7 atom stereocenters. The van der Waals surface area contributed by atoms with E-state index < -0.39 is 0 Å². The maximum atomic E-state index is 10.5. The molecule has 0 aromatic heterocycles. The molecular formula is C14H19KO2. The quantitative estimate of drug-likeness (QED) is 0.380. The minimum Gasteiger partial charge on any atom is -0.648 e. The van der Waals surface area contributed by atoms with Crippen molar-refractivity contribution in [3.8, 4) is 0 Å². The first-order chi connectivity index (χ1) is 7.73. The molecule has 4 saturated carbocycles. The summed E-state index contributed by atoms with van der Waals surface area (Å²) in [6.45, 7) is 3.85. The number of rotatable bonds is 2. The van der Waals surface area contributed by atoms with Crippen molar-refractivity contribution in [1.29, 1.82) is 0 Å². The van der Waals surface area contributed by atoms with Gasteiger partial charge in [0.1, 0.15) is 0 Å². The molecule has 0 aromatic carbocycles. The zero-order valence-corrected chi connectivity index (χ0v) is 13.9. The Hall–Kier alpha value is 1.11. The van der Waals surface area contributed by atoms with Crippen molar-refractivity contribution >= 4 is 6.47 Å². The van der Waals surface area contributed by atoms with Crippen molar-refractivity contribution in [2.24, 2.45) is 35.5 Å². The molecule has 0 amide bonds. The molecule has 17 heavy (non-hydrogen) atoms. The van der Waals surface area contributed by atoms with Crippen molar-refractivity contribution < 1.29 is 60.9 Å². The summed E-state index contributed by atoms with van der Waals surface area (Å²) in [5, 5.41) is 0. The molecule has 4 aliphatic rings. The summed E-state index contributed by atoms with van der Waals surface area (Å²) in [6.07, 6.45) is 6.82. The van der Waals surface area contributed by atoms with E-state index in [9.17, 15) is 4.79 Å². The second kappa shape index (κ2) is 4.30. The van der Waals surface area contributed by atoms with Gasteiger partial charge in [-0.2, -0.15) is 0 Å². The minimum atomic E-state index is -0.169. The fraction of sp³-hybridized carbons (Fsp3) is 0.929. The molecule has 0 aromatic rings. The van der Waals surface area contributed by atoms with Gasteiger partial charge in [-0.1, -0.05) is 6.47 Å².